The van der Waals surface area contributed by atoms with Gasteiger partial charge in [0.1, 0.15) is 0 Å². The van der Waals surface area contributed by atoms with Crippen LogP contribution in [0.15, 0.2) is 30.5 Å². The van der Waals surface area contributed by atoms with E-state index in [9.17, 15) is 5.11 Å². The Labute approximate surface area is 88.9 Å². The predicted molar refractivity (Wildman–Crippen MR) is 60.9 cm³/mol. The van der Waals surface area contributed by atoms with E-state index in [-0.39, 0.29) is 12.0 Å². The first-order chi connectivity index (χ1) is 7.36. The zero-order chi connectivity index (χ0) is 10.3. The number of fused-ring (bicyclic) bond motifs is 1. The van der Waals surface area contributed by atoms with Crippen LogP contribution in [-0.4, -0.2) is 16.7 Å². The largest absolute Gasteiger partial charge is 0.395 e. The summed E-state index contributed by atoms with van der Waals surface area (Å²) in [5.74, 6) is 0. The van der Waals surface area contributed by atoms with Gasteiger partial charge in [0.05, 0.1) is 6.61 Å². The summed E-state index contributed by atoms with van der Waals surface area (Å²) in [5, 5.41) is 10.8. The Morgan fingerprint density at radius 2 is 2.07 bits per heavy atom. The Morgan fingerprint density at radius 1 is 1.27 bits per heavy atom. The summed E-state index contributed by atoms with van der Waals surface area (Å²) in [4.78, 5) is 3.29. The van der Waals surface area contributed by atoms with Crippen LogP contribution < -0.4 is 0 Å². The first kappa shape index (κ1) is 8.98. The molecule has 1 aromatic carbocycles. The third-order valence-corrected chi connectivity index (χ3v) is 3.77. The minimum absolute atomic E-state index is 0.0413. The van der Waals surface area contributed by atoms with Crippen LogP contribution in [-0.2, 0) is 5.41 Å². The summed E-state index contributed by atoms with van der Waals surface area (Å²) in [5.41, 5.74) is 2.51. The van der Waals surface area contributed by atoms with Crippen molar-refractivity contribution in [2.75, 3.05) is 6.61 Å². The van der Waals surface area contributed by atoms with Crippen LogP contribution in [0.3, 0.4) is 0 Å². The summed E-state index contributed by atoms with van der Waals surface area (Å²) in [7, 11) is 0. The first-order valence-corrected chi connectivity index (χ1v) is 5.53. The number of H-pyrrole nitrogens is 1. The highest BCUT2D eigenvalue weighted by Crippen LogP contribution is 2.45. The highest BCUT2D eigenvalue weighted by atomic mass is 16.3. The molecule has 2 aromatic rings. The van der Waals surface area contributed by atoms with Crippen LogP contribution in [0.2, 0.25) is 0 Å². The maximum absolute atomic E-state index is 9.55. The van der Waals surface area contributed by atoms with Crippen molar-refractivity contribution in [1.82, 2.24) is 4.98 Å². The molecule has 0 radical (unpaired) electrons. The lowest BCUT2D eigenvalue weighted by Gasteiger charge is -2.40. The molecule has 0 unspecified atom stereocenters. The molecule has 0 saturated heterocycles. The van der Waals surface area contributed by atoms with E-state index >= 15 is 0 Å². The molecule has 78 valence electrons. The lowest BCUT2D eigenvalue weighted by molar-refractivity contribution is 0.121. The topological polar surface area (TPSA) is 36.0 Å². The van der Waals surface area contributed by atoms with Crippen molar-refractivity contribution in [1.29, 1.82) is 0 Å². The van der Waals surface area contributed by atoms with E-state index in [4.69, 9.17) is 0 Å². The van der Waals surface area contributed by atoms with Gasteiger partial charge in [0.25, 0.3) is 0 Å². The van der Waals surface area contributed by atoms with E-state index < -0.39 is 0 Å². The first-order valence-electron chi connectivity index (χ1n) is 5.53. The predicted octanol–water partition coefficient (Wildman–Crippen LogP) is 2.58. The van der Waals surface area contributed by atoms with Crippen molar-refractivity contribution >= 4 is 10.9 Å². The normalized spacial score (nSPS) is 19.0. The minimum atomic E-state index is 0.0413. The molecule has 1 aliphatic carbocycles. The quantitative estimate of drug-likeness (QED) is 0.769. The molecule has 1 fully saturated rings. The van der Waals surface area contributed by atoms with Gasteiger partial charge in [-0.3, -0.25) is 0 Å². The molecule has 0 bridgehead atoms. The number of para-hydroxylation sites is 1. The highest BCUT2D eigenvalue weighted by molar-refractivity contribution is 5.84. The van der Waals surface area contributed by atoms with Gasteiger partial charge in [-0.15, -0.1) is 0 Å². The Balaban J connectivity index is 2.18. The number of aliphatic hydroxyl groups excluding tert-OH is 1. The molecule has 2 heteroatoms. The van der Waals surface area contributed by atoms with Crippen LogP contribution in [0.1, 0.15) is 24.8 Å². The molecule has 1 heterocycles. The number of hydrogen-bond acceptors (Lipinski definition) is 1. The number of aliphatic hydroxyl groups is 1. The fraction of sp³-hybridized carbons (Fsp3) is 0.385. The third-order valence-electron chi connectivity index (χ3n) is 3.77. The van der Waals surface area contributed by atoms with Gasteiger partial charge >= 0.3 is 0 Å². The molecule has 2 N–H and O–H groups in total. The number of nitrogens with one attached hydrogen (secondary N) is 1. The second-order valence-electron chi connectivity index (χ2n) is 4.54. The van der Waals surface area contributed by atoms with Crippen LogP contribution in [0.4, 0.5) is 0 Å². The average molecular weight is 201 g/mol. The smallest absolute Gasteiger partial charge is 0.0528 e. The average Bonchev–Trinajstić information content (AvgIpc) is 2.62. The van der Waals surface area contributed by atoms with Crippen LogP contribution in [0, 0.1) is 0 Å². The molecule has 0 aliphatic heterocycles. The summed E-state index contributed by atoms with van der Waals surface area (Å²) in [6, 6.07) is 8.32. The van der Waals surface area contributed by atoms with E-state index in [2.05, 4.69) is 29.4 Å². The van der Waals surface area contributed by atoms with Crippen molar-refractivity contribution in [2.45, 2.75) is 24.7 Å². The number of hydrogen-bond donors (Lipinski definition) is 2. The van der Waals surface area contributed by atoms with E-state index in [1.54, 1.807) is 0 Å². The zero-order valence-electron chi connectivity index (χ0n) is 8.66. The van der Waals surface area contributed by atoms with E-state index in [1.165, 1.54) is 22.9 Å². The van der Waals surface area contributed by atoms with Gasteiger partial charge in [0.2, 0.25) is 0 Å². The van der Waals surface area contributed by atoms with Gasteiger partial charge in [-0.05, 0) is 24.5 Å². The summed E-state index contributed by atoms with van der Waals surface area (Å²) < 4.78 is 0. The van der Waals surface area contributed by atoms with Gasteiger partial charge in [0.15, 0.2) is 0 Å². The van der Waals surface area contributed by atoms with Crippen LogP contribution >= 0.6 is 0 Å². The fourth-order valence-corrected chi connectivity index (χ4v) is 2.63. The van der Waals surface area contributed by atoms with Crippen molar-refractivity contribution in [3.8, 4) is 0 Å². The Bertz CT molecular complexity index is 476. The molecule has 2 nitrogen and oxygen atoms in total. The summed E-state index contributed by atoms with van der Waals surface area (Å²) >= 11 is 0. The number of aromatic amines is 1. The van der Waals surface area contributed by atoms with Crippen molar-refractivity contribution < 1.29 is 5.11 Å². The Kier molecular flexibility index (Phi) is 1.86. The minimum Gasteiger partial charge on any atom is -0.395 e. The Hall–Kier alpha value is -1.28. The van der Waals surface area contributed by atoms with Gasteiger partial charge in [0, 0.05) is 22.5 Å². The van der Waals surface area contributed by atoms with Crippen LogP contribution in [0.5, 0.6) is 0 Å². The highest BCUT2D eigenvalue weighted by Gasteiger charge is 2.39. The zero-order valence-corrected chi connectivity index (χ0v) is 8.66. The second kappa shape index (κ2) is 3.11. The monoisotopic (exact) mass is 201 g/mol. The molecule has 3 rings (SSSR count). The number of benzene rings is 1. The third kappa shape index (κ3) is 1.15. The molecule has 1 aliphatic rings. The van der Waals surface area contributed by atoms with E-state index in [0.29, 0.717) is 0 Å². The standard InChI is InChI=1S/C13H15NO/c15-9-13(6-3-7-13)11-8-14-12-5-2-1-4-10(11)12/h1-2,4-5,8,14-15H,3,6-7,9H2. The summed E-state index contributed by atoms with van der Waals surface area (Å²) in [6.07, 6.45) is 5.54. The lowest BCUT2D eigenvalue weighted by atomic mass is 9.65. The second-order valence-corrected chi connectivity index (χ2v) is 4.54. The number of rotatable bonds is 2. The van der Waals surface area contributed by atoms with Gasteiger partial charge in [-0.2, -0.15) is 0 Å². The van der Waals surface area contributed by atoms with Crippen molar-refractivity contribution in [3.63, 3.8) is 0 Å². The van der Waals surface area contributed by atoms with Crippen LogP contribution in [0.25, 0.3) is 10.9 Å². The molecule has 15 heavy (non-hydrogen) atoms. The number of aromatic nitrogens is 1. The molecular weight excluding hydrogens is 186 g/mol. The fourth-order valence-electron chi connectivity index (χ4n) is 2.63. The van der Waals surface area contributed by atoms with Gasteiger partial charge < -0.3 is 10.1 Å². The van der Waals surface area contributed by atoms with E-state index in [0.717, 1.165) is 12.8 Å². The van der Waals surface area contributed by atoms with E-state index in [1.807, 2.05) is 6.07 Å². The lowest BCUT2D eigenvalue weighted by Crippen LogP contribution is -2.37. The molecule has 1 aromatic heterocycles. The molecule has 0 atom stereocenters. The maximum Gasteiger partial charge on any atom is 0.0528 e. The SMILES string of the molecule is OCC1(c2c[nH]c3ccccc23)CCC1. The van der Waals surface area contributed by atoms with Crippen molar-refractivity contribution in [2.24, 2.45) is 0 Å². The molecule has 1 saturated carbocycles. The molecule has 0 spiro atoms. The molecule has 0 amide bonds. The van der Waals surface area contributed by atoms with Gasteiger partial charge in [-0.25, -0.2) is 0 Å². The van der Waals surface area contributed by atoms with Gasteiger partial charge in [-0.1, -0.05) is 24.6 Å². The van der Waals surface area contributed by atoms with Crippen molar-refractivity contribution in [3.05, 3.63) is 36.0 Å². The maximum atomic E-state index is 9.55. The molecular formula is C13H15NO. The summed E-state index contributed by atoms with van der Waals surface area (Å²) in [6.45, 7) is 0.273. The Morgan fingerprint density at radius 3 is 2.73 bits per heavy atom.